The molecule has 0 rings (SSSR count). The van der Waals surface area contributed by atoms with Gasteiger partial charge in [0.15, 0.2) is 0 Å². The van der Waals surface area contributed by atoms with Crippen LogP contribution < -0.4 is 11.1 Å². The van der Waals surface area contributed by atoms with Crippen LogP contribution in [0.15, 0.2) is 60.8 Å². The summed E-state index contributed by atoms with van der Waals surface area (Å²) in [5, 5.41) is 29.7. The Balaban J connectivity index is 4.74. The van der Waals surface area contributed by atoms with E-state index in [1.807, 2.05) is 24.3 Å². The molecule has 0 aromatic heterocycles. The fourth-order valence-corrected chi connectivity index (χ4v) is 3.72. The van der Waals surface area contributed by atoms with Gasteiger partial charge in [0, 0.05) is 17.4 Å². The van der Waals surface area contributed by atoms with Crippen LogP contribution in [0.3, 0.4) is 0 Å². The summed E-state index contributed by atoms with van der Waals surface area (Å²) in [6.07, 6.45) is 22.2. The van der Waals surface area contributed by atoms with Gasteiger partial charge >= 0.3 is 11.9 Å². The van der Waals surface area contributed by atoms with E-state index >= 15 is 0 Å². The number of thioether (sulfide) groups is 1. The molecule has 0 fully saturated rings. The highest BCUT2D eigenvalue weighted by molar-refractivity contribution is 8.00. The third-order valence-corrected chi connectivity index (χ3v) is 5.78. The number of carbonyl (C=O) groups excluding carboxylic acids is 1. The Bertz CT molecular complexity index is 746. The summed E-state index contributed by atoms with van der Waals surface area (Å²) in [4.78, 5) is 33.1. The number of allylic oxidation sites excluding steroid dienone is 9. The van der Waals surface area contributed by atoms with Crippen LogP contribution in [0.5, 0.6) is 0 Å². The van der Waals surface area contributed by atoms with Crippen LogP contribution in [0.2, 0.25) is 0 Å². The van der Waals surface area contributed by atoms with Crippen LogP contribution in [0.25, 0.3) is 0 Å². The minimum atomic E-state index is -1.16. The summed E-state index contributed by atoms with van der Waals surface area (Å²) >= 11 is 1.26. The Morgan fingerprint density at radius 2 is 1.59 bits per heavy atom. The Hall–Kier alpha value is -2.62. The number of carbonyl (C=O) groups is 3. The molecule has 0 radical (unpaired) electrons. The van der Waals surface area contributed by atoms with E-state index in [4.69, 9.17) is 15.9 Å². The number of aliphatic hydroxyl groups is 1. The molecular formula is C25H38N2O6S. The Morgan fingerprint density at radius 1 is 0.941 bits per heavy atom. The number of amides is 1. The van der Waals surface area contributed by atoms with Crippen LogP contribution in [-0.4, -0.2) is 62.9 Å². The highest BCUT2D eigenvalue weighted by Gasteiger charge is 2.21. The highest BCUT2D eigenvalue weighted by atomic mass is 32.2. The van der Waals surface area contributed by atoms with Gasteiger partial charge in [-0.3, -0.25) is 14.4 Å². The number of rotatable bonds is 19. The predicted molar refractivity (Wildman–Crippen MR) is 138 cm³/mol. The van der Waals surface area contributed by atoms with Gasteiger partial charge in [0.1, 0.15) is 6.54 Å². The molecule has 190 valence electrons. The van der Waals surface area contributed by atoms with E-state index in [-0.39, 0.29) is 18.6 Å². The highest BCUT2D eigenvalue weighted by Crippen LogP contribution is 2.21. The number of carboxylic acid groups (broad SMARTS) is 2. The SMILES string of the molecule is CCC=CCC=CCC=CC=CC=CC(SCC(N)C(=O)NCC(=O)O)C(O)CCCC(=O)O. The van der Waals surface area contributed by atoms with E-state index in [9.17, 15) is 19.5 Å². The van der Waals surface area contributed by atoms with Crippen LogP contribution in [0.1, 0.15) is 45.4 Å². The lowest BCUT2D eigenvalue weighted by Crippen LogP contribution is -2.44. The lowest BCUT2D eigenvalue weighted by Gasteiger charge is -2.21. The molecule has 0 aliphatic carbocycles. The third kappa shape index (κ3) is 18.9. The first-order valence-electron chi connectivity index (χ1n) is 11.3. The second kappa shape index (κ2) is 20.9. The van der Waals surface area contributed by atoms with Crippen LogP contribution in [0.4, 0.5) is 0 Å². The second-order valence-corrected chi connectivity index (χ2v) is 8.60. The molecule has 8 nitrogen and oxygen atoms in total. The summed E-state index contributed by atoms with van der Waals surface area (Å²) in [7, 11) is 0. The molecule has 0 aromatic carbocycles. The van der Waals surface area contributed by atoms with Crippen LogP contribution in [0, 0.1) is 0 Å². The van der Waals surface area contributed by atoms with Gasteiger partial charge in [-0.1, -0.05) is 67.7 Å². The number of nitrogens with two attached hydrogens (primary N) is 1. The quantitative estimate of drug-likeness (QED) is 0.136. The first-order valence-corrected chi connectivity index (χ1v) is 12.4. The standard InChI is InChI=1S/C25H38N2O6S/c1-2-3-4-5-6-7-8-9-10-11-12-13-16-22(21(28)15-14-17-23(29)30)34-19-20(26)25(33)27-18-24(31)32/h3-4,6-7,9-13,16,20-22,28H,2,5,8,14-15,17-19,26H2,1H3,(H,27,33)(H,29,30)(H,31,32). The van der Waals surface area contributed by atoms with Gasteiger partial charge < -0.3 is 26.4 Å². The van der Waals surface area contributed by atoms with Gasteiger partial charge in [-0.05, 0) is 32.1 Å². The van der Waals surface area contributed by atoms with Crippen LogP contribution >= 0.6 is 11.8 Å². The summed E-state index contributed by atoms with van der Waals surface area (Å²) in [5.74, 6) is -2.51. The maximum Gasteiger partial charge on any atom is 0.322 e. The monoisotopic (exact) mass is 494 g/mol. The summed E-state index contributed by atoms with van der Waals surface area (Å²) < 4.78 is 0. The number of nitrogens with one attached hydrogen (secondary N) is 1. The fourth-order valence-electron chi connectivity index (χ4n) is 2.58. The third-order valence-electron chi connectivity index (χ3n) is 4.37. The van der Waals surface area contributed by atoms with Crippen molar-refractivity contribution in [3.63, 3.8) is 0 Å². The van der Waals surface area contributed by atoms with Crippen molar-refractivity contribution in [2.75, 3.05) is 12.3 Å². The number of carboxylic acids is 2. The molecule has 1 amide bonds. The van der Waals surface area contributed by atoms with Gasteiger partial charge in [-0.15, -0.1) is 11.8 Å². The average molecular weight is 495 g/mol. The number of hydrogen-bond donors (Lipinski definition) is 5. The molecule has 0 saturated carbocycles. The zero-order valence-electron chi connectivity index (χ0n) is 19.7. The molecule has 0 aromatic rings. The minimum Gasteiger partial charge on any atom is -0.481 e. The molecule has 0 aliphatic heterocycles. The van der Waals surface area contributed by atoms with Crippen molar-refractivity contribution in [2.24, 2.45) is 5.73 Å². The van der Waals surface area contributed by atoms with Crippen molar-refractivity contribution >= 4 is 29.6 Å². The zero-order chi connectivity index (χ0) is 25.6. The molecule has 0 bridgehead atoms. The van der Waals surface area contributed by atoms with E-state index in [2.05, 4.69) is 36.5 Å². The Labute approximate surface area is 206 Å². The van der Waals surface area contributed by atoms with Crippen molar-refractivity contribution in [3.8, 4) is 0 Å². The molecular weight excluding hydrogens is 456 g/mol. The molecule has 0 saturated heterocycles. The van der Waals surface area contributed by atoms with E-state index in [1.165, 1.54) is 11.8 Å². The Morgan fingerprint density at radius 3 is 2.24 bits per heavy atom. The van der Waals surface area contributed by atoms with E-state index < -0.39 is 41.8 Å². The van der Waals surface area contributed by atoms with Crippen molar-refractivity contribution in [1.29, 1.82) is 0 Å². The predicted octanol–water partition coefficient (Wildman–Crippen LogP) is 3.20. The van der Waals surface area contributed by atoms with Gasteiger partial charge in [-0.25, -0.2) is 0 Å². The number of aliphatic hydroxyl groups excluding tert-OH is 1. The fraction of sp³-hybridized carbons (Fsp3) is 0.480. The van der Waals surface area contributed by atoms with Gasteiger partial charge in [0.05, 0.1) is 12.1 Å². The van der Waals surface area contributed by atoms with Crippen molar-refractivity contribution in [2.45, 2.75) is 62.8 Å². The molecule has 3 unspecified atom stereocenters. The first-order chi connectivity index (χ1) is 16.3. The molecule has 9 heteroatoms. The number of aliphatic carboxylic acids is 2. The van der Waals surface area contributed by atoms with Crippen molar-refractivity contribution in [3.05, 3.63) is 60.8 Å². The van der Waals surface area contributed by atoms with Gasteiger partial charge in [0.2, 0.25) is 5.91 Å². The smallest absolute Gasteiger partial charge is 0.322 e. The maximum absolute atomic E-state index is 11.9. The van der Waals surface area contributed by atoms with Crippen molar-refractivity contribution < 1.29 is 29.7 Å². The lowest BCUT2D eigenvalue weighted by molar-refractivity contribution is -0.138. The van der Waals surface area contributed by atoms with E-state index in [0.717, 1.165) is 19.3 Å². The van der Waals surface area contributed by atoms with E-state index in [0.29, 0.717) is 6.42 Å². The molecule has 3 atom stereocenters. The van der Waals surface area contributed by atoms with Crippen LogP contribution in [-0.2, 0) is 14.4 Å². The largest absolute Gasteiger partial charge is 0.481 e. The molecule has 0 aliphatic rings. The first kappa shape index (κ1) is 31.4. The summed E-state index contributed by atoms with van der Waals surface area (Å²) in [6, 6.07) is -0.935. The Kier molecular flexibility index (Phi) is 19.3. The summed E-state index contributed by atoms with van der Waals surface area (Å²) in [5.41, 5.74) is 5.82. The van der Waals surface area contributed by atoms with Crippen molar-refractivity contribution in [1.82, 2.24) is 5.32 Å². The molecule has 0 heterocycles. The maximum atomic E-state index is 11.9. The topological polar surface area (TPSA) is 150 Å². The molecule has 34 heavy (non-hydrogen) atoms. The molecule has 6 N–H and O–H groups in total. The molecule has 0 spiro atoms. The zero-order valence-corrected chi connectivity index (χ0v) is 20.5. The van der Waals surface area contributed by atoms with E-state index in [1.54, 1.807) is 12.2 Å². The summed E-state index contributed by atoms with van der Waals surface area (Å²) in [6.45, 7) is 1.59. The normalized spacial score (nSPS) is 15.0. The average Bonchev–Trinajstić information content (AvgIpc) is 2.79. The lowest BCUT2D eigenvalue weighted by atomic mass is 10.1. The second-order valence-electron chi connectivity index (χ2n) is 7.39. The van der Waals surface area contributed by atoms with Gasteiger partial charge in [0.25, 0.3) is 0 Å². The van der Waals surface area contributed by atoms with Gasteiger partial charge in [-0.2, -0.15) is 0 Å². The number of hydrogen-bond acceptors (Lipinski definition) is 6. The minimum absolute atomic E-state index is 0.0384.